The third-order valence-corrected chi connectivity index (χ3v) is 3.86. The molecule has 0 fully saturated rings. The first-order valence-electron chi connectivity index (χ1n) is 5.88. The summed E-state index contributed by atoms with van der Waals surface area (Å²) in [6, 6.07) is 2.50. The van der Waals surface area contributed by atoms with Gasteiger partial charge in [0, 0.05) is 35.8 Å². The van der Waals surface area contributed by atoms with Crippen LogP contribution in [0.1, 0.15) is 42.9 Å². The van der Waals surface area contributed by atoms with Gasteiger partial charge in [0.25, 0.3) is 0 Å². The smallest absolute Gasteiger partial charge is 0.0794 e. The normalized spacial score (nSPS) is 14.8. The van der Waals surface area contributed by atoms with E-state index >= 15 is 0 Å². The summed E-state index contributed by atoms with van der Waals surface area (Å²) >= 11 is 1.60. The van der Waals surface area contributed by atoms with Crippen molar-refractivity contribution >= 4 is 11.3 Å². The minimum Gasteiger partial charge on any atom is -0.323 e. The van der Waals surface area contributed by atoms with E-state index in [0.717, 1.165) is 23.4 Å². The molecular weight excluding hydrogens is 232 g/mol. The van der Waals surface area contributed by atoms with Crippen LogP contribution in [0.15, 0.2) is 24.0 Å². The first-order valence-corrected chi connectivity index (χ1v) is 6.76. The van der Waals surface area contributed by atoms with Crippen molar-refractivity contribution in [3.63, 3.8) is 0 Å². The van der Waals surface area contributed by atoms with Gasteiger partial charge >= 0.3 is 0 Å². The molecule has 0 spiro atoms. The van der Waals surface area contributed by atoms with E-state index in [2.05, 4.69) is 23.9 Å². The minimum atomic E-state index is 0.00258. The number of thiazole rings is 1. The number of nitrogens with two attached hydrogens (primary N) is 1. The Kier molecular flexibility index (Phi) is 3.91. The third-order valence-electron chi connectivity index (χ3n) is 2.95. The van der Waals surface area contributed by atoms with Crippen LogP contribution in [0.3, 0.4) is 0 Å². The Hall–Kier alpha value is -1.20. The average molecular weight is 250 g/mol. The molecule has 2 rings (SSSR count). The second-order valence-electron chi connectivity index (χ2n) is 4.26. The fourth-order valence-electron chi connectivity index (χ4n) is 1.65. The SMILES string of the molecule is CCC(C)n1ccc(CC(N)c2cncs2)n1. The van der Waals surface area contributed by atoms with Crippen LogP contribution in [0.4, 0.5) is 0 Å². The molecule has 2 aromatic heterocycles. The molecule has 4 nitrogen and oxygen atoms in total. The molecule has 2 N–H and O–H groups in total. The number of rotatable bonds is 5. The van der Waals surface area contributed by atoms with Crippen molar-refractivity contribution in [1.29, 1.82) is 0 Å². The van der Waals surface area contributed by atoms with Gasteiger partial charge in [-0.15, -0.1) is 11.3 Å². The average Bonchev–Trinajstić information content (AvgIpc) is 2.98. The fraction of sp³-hybridized carbons (Fsp3) is 0.500. The molecule has 0 aromatic carbocycles. The van der Waals surface area contributed by atoms with E-state index < -0.39 is 0 Å². The van der Waals surface area contributed by atoms with Crippen molar-refractivity contribution in [2.24, 2.45) is 5.73 Å². The number of hydrogen-bond donors (Lipinski definition) is 1. The van der Waals surface area contributed by atoms with E-state index in [4.69, 9.17) is 5.73 Å². The minimum absolute atomic E-state index is 0.00258. The second-order valence-corrected chi connectivity index (χ2v) is 5.18. The van der Waals surface area contributed by atoms with Gasteiger partial charge in [0.15, 0.2) is 0 Å². The lowest BCUT2D eigenvalue weighted by molar-refractivity contribution is 0.472. The lowest BCUT2D eigenvalue weighted by Crippen LogP contribution is -2.13. The highest BCUT2D eigenvalue weighted by molar-refractivity contribution is 7.09. The van der Waals surface area contributed by atoms with Crippen LogP contribution in [0.5, 0.6) is 0 Å². The first-order chi connectivity index (χ1) is 8.20. The maximum Gasteiger partial charge on any atom is 0.0794 e. The van der Waals surface area contributed by atoms with E-state index in [1.807, 2.05) is 28.7 Å². The van der Waals surface area contributed by atoms with Gasteiger partial charge in [-0.3, -0.25) is 9.67 Å². The number of nitrogens with zero attached hydrogens (tertiary/aromatic N) is 3. The molecule has 92 valence electrons. The Bertz CT molecular complexity index is 449. The molecule has 0 radical (unpaired) electrons. The Morgan fingerprint density at radius 3 is 3.00 bits per heavy atom. The van der Waals surface area contributed by atoms with Crippen molar-refractivity contribution < 1.29 is 0 Å². The topological polar surface area (TPSA) is 56.7 Å². The molecular formula is C12H18N4S. The first kappa shape index (κ1) is 12.3. The van der Waals surface area contributed by atoms with Crippen molar-refractivity contribution in [1.82, 2.24) is 14.8 Å². The molecule has 0 amide bonds. The van der Waals surface area contributed by atoms with Crippen molar-refractivity contribution in [2.45, 2.75) is 38.8 Å². The Labute approximate surface area is 105 Å². The molecule has 2 aromatic rings. The summed E-state index contributed by atoms with van der Waals surface area (Å²) in [5.41, 5.74) is 8.97. The van der Waals surface area contributed by atoms with Crippen LogP contribution >= 0.6 is 11.3 Å². The summed E-state index contributed by atoms with van der Waals surface area (Å²) in [7, 11) is 0. The quantitative estimate of drug-likeness (QED) is 0.887. The van der Waals surface area contributed by atoms with Crippen LogP contribution in [0, 0.1) is 0 Å². The van der Waals surface area contributed by atoms with E-state index in [1.165, 1.54) is 0 Å². The molecule has 0 saturated heterocycles. The fourth-order valence-corrected chi connectivity index (χ4v) is 2.28. The van der Waals surface area contributed by atoms with Gasteiger partial charge in [-0.25, -0.2) is 0 Å². The molecule has 2 unspecified atom stereocenters. The second kappa shape index (κ2) is 5.42. The highest BCUT2D eigenvalue weighted by Gasteiger charge is 2.11. The Morgan fingerprint density at radius 1 is 1.53 bits per heavy atom. The maximum atomic E-state index is 6.11. The van der Waals surface area contributed by atoms with Gasteiger partial charge in [-0.1, -0.05) is 6.92 Å². The zero-order valence-electron chi connectivity index (χ0n) is 10.2. The summed E-state index contributed by atoms with van der Waals surface area (Å²) in [5.74, 6) is 0. The summed E-state index contributed by atoms with van der Waals surface area (Å²) < 4.78 is 2.01. The standard InChI is InChI=1S/C12H18N4S/c1-3-9(2)16-5-4-10(15-16)6-11(13)12-7-14-8-17-12/h4-5,7-9,11H,3,6,13H2,1-2H3. The molecule has 0 aliphatic heterocycles. The lowest BCUT2D eigenvalue weighted by Gasteiger charge is -2.09. The van der Waals surface area contributed by atoms with E-state index in [-0.39, 0.29) is 6.04 Å². The van der Waals surface area contributed by atoms with Crippen molar-refractivity contribution in [3.05, 3.63) is 34.5 Å². The van der Waals surface area contributed by atoms with Crippen molar-refractivity contribution in [3.8, 4) is 0 Å². The van der Waals surface area contributed by atoms with Crippen LogP contribution < -0.4 is 5.73 Å². The zero-order valence-corrected chi connectivity index (χ0v) is 11.0. The lowest BCUT2D eigenvalue weighted by atomic mass is 10.1. The van der Waals surface area contributed by atoms with Crippen LogP contribution in [-0.4, -0.2) is 14.8 Å². The molecule has 5 heteroatoms. The molecule has 0 saturated carbocycles. The predicted octanol–water partition coefficient (Wildman–Crippen LogP) is 2.55. The van der Waals surface area contributed by atoms with Crippen LogP contribution in [-0.2, 0) is 6.42 Å². The summed E-state index contributed by atoms with van der Waals surface area (Å²) in [4.78, 5) is 5.16. The number of aromatic nitrogens is 3. The Balaban J connectivity index is 2.02. The third kappa shape index (κ3) is 2.92. The van der Waals surface area contributed by atoms with Crippen molar-refractivity contribution in [2.75, 3.05) is 0 Å². The number of hydrogen-bond acceptors (Lipinski definition) is 4. The summed E-state index contributed by atoms with van der Waals surface area (Å²) in [6.45, 7) is 4.33. The zero-order chi connectivity index (χ0) is 12.3. The summed E-state index contributed by atoms with van der Waals surface area (Å²) in [5, 5.41) is 4.55. The maximum absolute atomic E-state index is 6.11. The van der Waals surface area contributed by atoms with Gasteiger partial charge in [0.1, 0.15) is 0 Å². The molecule has 0 bridgehead atoms. The molecule has 0 aliphatic carbocycles. The van der Waals surface area contributed by atoms with Gasteiger partial charge in [-0.2, -0.15) is 5.10 Å². The Morgan fingerprint density at radius 2 is 2.35 bits per heavy atom. The monoisotopic (exact) mass is 250 g/mol. The molecule has 17 heavy (non-hydrogen) atoms. The van der Waals surface area contributed by atoms with Crippen LogP contribution in [0.25, 0.3) is 0 Å². The predicted molar refractivity (Wildman–Crippen MR) is 70.0 cm³/mol. The van der Waals surface area contributed by atoms with Crippen LogP contribution in [0.2, 0.25) is 0 Å². The molecule has 2 atom stereocenters. The van der Waals surface area contributed by atoms with E-state index in [0.29, 0.717) is 6.04 Å². The van der Waals surface area contributed by atoms with Gasteiger partial charge < -0.3 is 5.73 Å². The van der Waals surface area contributed by atoms with Gasteiger partial charge in [0.2, 0.25) is 0 Å². The van der Waals surface area contributed by atoms with E-state index in [9.17, 15) is 0 Å². The van der Waals surface area contributed by atoms with Gasteiger partial charge in [0.05, 0.1) is 11.2 Å². The largest absolute Gasteiger partial charge is 0.323 e. The van der Waals surface area contributed by atoms with Gasteiger partial charge in [-0.05, 0) is 19.4 Å². The molecule has 0 aliphatic rings. The van der Waals surface area contributed by atoms with E-state index in [1.54, 1.807) is 11.3 Å². The molecule has 2 heterocycles. The summed E-state index contributed by atoms with van der Waals surface area (Å²) in [6.07, 6.45) is 5.72. The highest BCUT2D eigenvalue weighted by atomic mass is 32.1. The highest BCUT2D eigenvalue weighted by Crippen LogP contribution is 2.19.